The van der Waals surface area contributed by atoms with Gasteiger partial charge < -0.3 is 14.9 Å². The van der Waals surface area contributed by atoms with Gasteiger partial charge in [0.25, 0.3) is 0 Å². The predicted molar refractivity (Wildman–Crippen MR) is 87.3 cm³/mol. The van der Waals surface area contributed by atoms with Crippen molar-refractivity contribution in [2.24, 2.45) is 5.92 Å². The van der Waals surface area contributed by atoms with Crippen LogP contribution in [0.4, 0.5) is 5.69 Å². The Morgan fingerprint density at radius 2 is 1.75 bits per heavy atom. The first-order chi connectivity index (χ1) is 9.45. The zero-order valence-corrected chi connectivity index (χ0v) is 13.6. The third-order valence-electron chi connectivity index (χ3n) is 3.43. The Morgan fingerprint density at radius 3 is 2.30 bits per heavy atom. The first-order valence-electron chi connectivity index (χ1n) is 7.62. The second-order valence-corrected chi connectivity index (χ2v) is 6.13. The highest BCUT2D eigenvalue weighted by atomic mass is 16.3. The van der Waals surface area contributed by atoms with Crippen molar-refractivity contribution in [2.45, 2.75) is 33.3 Å². The summed E-state index contributed by atoms with van der Waals surface area (Å²) >= 11 is 0. The highest BCUT2D eigenvalue weighted by molar-refractivity contribution is 5.54. The fourth-order valence-electron chi connectivity index (χ4n) is 2.35. The van der Waals surface area contributed by atoms with E-state index in [1.807, 2.05) is 19.1 Å². The molecule has 20 heavy (non-hydrogen) atoms. The van der Waals surface area contributed by atoms with Crippen molar-refractivity contribution in [3.8, 4) is 0 Å². The van der Waals surface area contributed by atoms with Crippen LogP contribution in [0, 0.1) is 5.92 Å². The maximum Gasteiger partial charge on any atom is 0.0807 e. The van der Waals surface area contributed by atoms with Crippen molar-refractivity contribution in [1.82, 2.24) is 4.90 Å². The van der Waals surface area contributed by atoms with E-state index >= 15 is 0 Å². The second-order valence-electron chi connectivity index (χ2n) is 6.13. The summed E-state index contributed by atoms with van der Waals surface area (Å²) < 4.78 is 0. The molecule has 0 saturated carbocycles. The molecule has 1 aromatic rings. The molecular formula is C17H30N2O. The summed E-state index contributed by atoms with van der Waals surface area (Å²) in [5.41, 5.74) is 2.23. The molecular weight excluding hydrogens is 248 g/mol. The zero-order valence-electron chi connectivity index (χ0n) is 13.6. The van der Waals surface area contributed by atoms with Crippen molar-refractivity contribution in [3.05, 3.63) is 29.8 Å². The number of aliphatic hydroxyl groups excluding tert-OH is 1. The molecule has 0 unspecified atom stereocenters. The smallest absolute Gasteiger partial charge is 0.0807 e. The van der Waals surface area contributed by atoms with Crippen LogP contribution in [0.1, 0.15) is 38.9 Å². The number of aliphatic hydroxyl groups is 1. The van der Waals surface area contributed by atoms with Gasteiger partial charge in [0.1, 0.15) is 0 Å². The van der Waals surface area contributed by atoms with Crippen LogP contribution in [-0.2, 0) is 0 Å². The van der Waals surface area contributed by atoms with Crippen molar-refractivity contribution in [2.75, 3.05) is 38.6 Å². The summed E-state index contributed by atoms with van der Waals surface area (Å²) in [5.74, 6) is 0.601. The fourth-order valence-corrected chi connectivity index (χ4v) is 2.35. The quantitative estimate of drug-likeness (QED) is 0.791. The van der Waals surface area contributed by atoms with Gasteiger partial charge in [0, 0.05) is 30.9 Å². The highest BCUT2D eigenvalue weighted by Crippen LogP contribution is 2.28. The molecule has 114 valence electrons. The lowest BCUT2D eigenvalue weighted by Gasteiger charge is -2.31. The standard InChI is InChI=1S/C17H30N2O/c1-6-17(20)15-9-7-8-10-16(15)19(13-14(2)3)12-11-18(4)5/h7-10,14,17,20H,6,11-13H2,1-5H3/t17-/m1/s1. The summed E-state index contributed by atoms with van der Waals surface area (Å²) in [6.07, 6.45) is 0.375. The van der Waals surface area contributed by atoms with Crippen LogP contribution in [0.2, 0.25) is 0 Å². The van der Waals surface area contributed by atoms with E-state index in [9.17, 15) is 5.11 Å². The highest BCUT2D eigenvalue weighted by Gasteiger charge is 2.16. The van der Waals surface area contributed by atoms with Crippen molar-refractivity contribution in [1.29, 1.82) is 0 Å². The first-order valence-corrected chi connectivity index (χ1v) is 7.62. The third-order valence-corrected chi connectivity index (χ3v) is 3.43. The van der Waals surface area contributed by atoms with Crippen molar-refractivity contribution in [3.63, 3.8) is 0 Å². The van der Waals surface area contributed by atoms with Crippen LogP contribution in [0.5, 0.6) is 0 Å². The normalized spacial score (nSPS) is 13.0. The van der Waals surface area contributed by atoms with E-state index < -0.39 is 0 Å². The molecule has 0 aliphatic heterocycles. The molecule has 1 atom stereocenters. The lowest BCUT2D eigenvalue weighted by molar-refractivity contribution is 0.174. The number of hydrogen-bond donors (Lipinski definition) is 1. The first kappa shape index (κ1) is 17.0. The molecule has 3 heteroatoms. The molecule has 0 saturated heterocycles. The number of anilines is 1. The molecule has 0 heterocycles. The lowest BCUT2D eigenvalue weighted by Crippen LogP contribution is -2.35. The average Bonchev–Trinajstić information content (AvgIpc) is 2.42. The monoisotopic (exact) mass is 278 g/mol. The summed E-state index contributed by atoms with van der Waals surface area (Å²) in [5, 5.41) is 10.2. The number of nitrogens with zero attached hydrogens (tertiary/aromatic N) is 2. The maximum atomic E-state index is 10.2. The molecule has 1 aromatic carbocycles. The second kappa shape index (κ2) is 8.28. The van der Waals surface area contributed by atoms with Gasteiger partial charge in [-0.15, -0.1) is 0 Å². The Balaban J connectivity index is 2.99. The Bertz CT molecular complexity index is 390. The Hall–Kier alpha value is -1.06. The van der Waals surface area contributed by atoms with Gasteiger partial charge in [-0.25, -0.2) is 0 Å². The largest absolute Gasteiger partial charge is 0.388 e. The predicted octanol–water partition coefficient (Wildman–Crippen LogP) is 3.15. The van der Waals surface area contributed by atoms with Gasteiger partial charge >= 0.3 is 0 Å². The summed E-state index contributed by atoms with van der Waals surface area (Å²) in [4.78, 5) is 4.60. The average molecular weight is 278 g/mol. The van der Waals surface area contributed by atoms with Crippen LogP contribution in [0.3, 0.4) is 0 Å². The molecule has 0 spiro atoms. The SMILES string of the molecule is CC[C@@H](O)c1ccccc1N(CCN(C)C)CC(C)C. The Morgan fingerprint density at radius 1 is 1.10 bits per heavy atom. The van der Waals surface area contributed by atoms with Crippen LogP contribution in [-0.4, -0.2) is 43.7 Å². The van der Waals surface area contributed by atoms with Gasteiger partial charge in [0.2, 0.25) is 0 Å². The fraction of sp³-hybridized carbons (Fsp3) is 0.647. The molecule has 0 fully saturated rings. The van der Waals surface area contributed by atoms with Gasteiger partial charge in [-0.3, -0.25) is 0 Å². The van der Waals surface area contributed by atoms with E-state index in [1.54, 1.807) is 0 Å². The summed E-state index contributed by atoms with van der Waals surface area (Å²) in [6.45, 7) is 9.51. The number of para-hydroxylation sites is 1. The van der Waals surface area contributed by atoms with E-state index in [1.165, 1.54) is 5.69 Å². The number of benzene rings is 1. The summed E-state index contributed by atoms with van der Waals surface area (Å²) in [6, 6.07) is 8.25. The minimum Gasteiger partial charge on any atom is -0.388 e. The Kier molecular flexibility index (Phi) is 7.03. The minimum absolute atomic E-state index is 0.375. The third kappa shape index (κ3) is 5.14. The van der Waals surface area contributed by atoms with Crippen LogP contribution in [0.25, 0.3) is 0 Å². The number of likely N-dealkylation sites (N-methyl/N-ethyl adjacent to an activating group) is 1. The molecule has 1 N–H and O–H groups in total. The molecule has 1 rings (SSSR count). The molecule has 0 radical (unpaired) electrons. The van der Waals surface area contributed by atoms with E-state index in [4.69, 9.17) is 0 Å². The van der Waals surface area contributed by atoms with Gasteiger partial charge in [-0.1, -0.05) is 39.0 Å². The summed E-state index contributed by atoms with van der Waals surface area (Å²) in [7, 11) is 4.20. The molecule has 0 bridgehead atoms. The molecule has 3 nitrogen and oxygen atoms in total. The molecule has 0 aromatic heterocycles. The topological polar surface area (TPSA) is 26.7 Å². The van der Waals surface area contributed by atoms with E-state index in [2.05, 4.69) is 49.9 Å². The molecule has 0 aliphatic rings. The van der Waals surface area contributed by atoms with E-state index in [0.717, 1.165) is 31.6 Å². The zero-order chi connectivity index (χ0) is 15.1. The van der Waals surface area contributed by atoms with E-state index in [0.29, 0.717) is 5.92 Å². The Labute approximate surface area is 124 Å². The maximum absolute atomic E-state index is 10.2. The van der Waals surface area contributed by atoms with E-state index in [-0.39, 0.29) is 6.10 Å². The number of hydrogen-bond acceptors (Lipinski definition) is 3. The van der Waals surface area contributed by atoms with Crippen LogP contribution in [0.15, 0.2) is 24.3 Å². The van der Waals surface area contributed by atoms with Crippen molar-refractivity contribution < 1.29 is 5.11 Å². The van der Waals surface area contributed by atoms with Gasteiger partial charge in [0.15, 0.2) is 0 Å². The molecule has 0 amide bonds. The van der Waals surface area contributed by atoms with Gasteiger partial charge in [-0.05, 0) is 32.5 Å². The lowest BCUT2D eigenvalue weighted by atomic mass is 10.0. The van der Waals surface area contributed by atoms with Crippen LogP contribution < -0.4 is 4.90 Å². The number of rotatable bonds is 8. The van der Waals surface area contributed by atoms with Gasteiger partial charge in [0.05, 0.1) is 6.10 Å². The van der Waals surface area contributed by atoms with Crippen molar-refractivity contribution >= 4 is 5.69 Å². The van der Waals surface area contributed by atoms with Gasteiger partial charge in [-0.2, -0.15) is 0 Å². The van der Waals surface area contributed by atoms with Crippen LogP contribution >= 0.6 is 0 Å². The molecule has 0 aliphatic carbocycles. The minimum atomic E-state index is -0.375.